The van der Waals surface area contributed by atoms with Crippen molar-refractivity contribution >= 4 is 23.5 Å². The lowest BCUT2D eigenvalue weighted by atomic mass is 10.1. The van der Waals surface area contributed by atoms with E-state index in [2.05, 4.69) is 21.6 Å². The minimum Gasteiger partial charge on any atom is -0.495 e. The van der Waals surface area contributed by atoms with Crippen LogP contribution in [0.4, 0.5) is 21.0 Å². The van der Waals surface area contributed by atoms with E-state index in [0.29, 0.717) is 49.6 Å². The van der Waals surface area contributed by atoms with Crippen LogP contribution in [0.5, 0.6) is 5.75 Å². The smallest absolute Gasteiger partial charge is 0.407 e. The van der Waals surface area contributed by atoms with Crippen LogP contribution in [0.1, 0.15) is 43.9 Å². The number of nitrogens with zero attached hydrogens (tertiary/aromatic N) is 4. The van der Waals surface area contributed by atoms with Crippen molar-refractivity contribution in [3.8, 4) is 17.9 Å². The number of urea groups is 1. The summed E-state index contributed by atoms with van der Waals surface area (Å²) in [4.78, 5) is 29.0. The zero-order valence-corrected chi connectivity index (χ0v) is 21.4. The molecule has 1 saturated heterocycles. The maximum Gasteiger partial charge on any atom is 0.407 e. The fourth-order valence-corrected chi connectivity index (χ4v) is 4.04. The predicted molar refractivity (Wildman–Crippen MR) is 139 cm³/mol. The van der Waals surface area contributed by atoms with Gasteiger partial charge in [0.1, 0.15) is 17.9 Å². The number of carbonyl (C=O) groups is 2. The first kappa shape index (κ1) is 27.2. The highest BCUT2D eigenvalue weighted by Crippen LogP contribution is 2.26. The molecule has 0 spiro atoms. The van der Waals surface area contributed by atoms with Crippen LogP contribution in [-0.2, 0) is 4.74 Å². The van der Waals surface area contributed by atoms with Crippen molar-refractivity contribution in [3.63, 3.8) is 0 Å². The maximum absolute atomic E-state index is 12.9. The molecule has 0 saturated carbocycles. The van der Waals surface area contributed by atoms with Crippen LogP contribution in [0, 0.1) is 22.7 Å². The number of nitriles is 2. The normalized spacial score (nSPS) is 14.5. The molecular weight excluding hydrogens is 472 g/mol. The summed E-state index contributed by atoms with van der Waals surface area (Å²) >= 11 is 0. The van der Waals surface area contributed by atoms with Gasteiger partial charge in [0.2, 0.25) is 0 Å². The van der Waals surface area contributed by atoms with Crippen LogP contribution in [0.2, 0.25) is 0 Å². The van der Waals surface area contributed by atoms with Gasteiger partial charge in [0.15, 0.2) is 0 Å². The topological polar surface area (TPSA) is 131 Å². The number of amides is 3. The van der Waals surface area contributed by atoms with E-state index >= 15 is 0 Å². The number of rotatable bonds is 8. The Bertz CT molecular complexity index is 1180. The molecule has 1 heterocycles. The molecule has 0 aromatic heterocycles. The SMILES string of the molecule is CCC(CC#N)OC(=O)N[C@@H](C)c1cccc(NC(=O)N2CCN(c3ccc(C#N)c(OC)c3)CC2)c1. The summed E-state index contributed by atoms with van der Waals surface area (Å²) in [5.74, 6) is 0.532. The zero-order valence-electron chi connectivity index (χ0n) is 21.4. The molecule has 10 heteroatoms. The highest BCUT2D eigenvalue weighted by atomic mass is 16.6. The Labute approximate surface area is 217 Å². The highest BCUT2D eigenvalue weighted by Gasteiger charge is 2.22. The van der Waals surface area contributed by atoms with Gasteiger partial charge in [0, 0.05) is 43.6 Å². The quantitative estimate of drug-likeness (QED) is 0.545. The number of anilines is 2. The van der Waals surface area contributed by atoms with Gasteiger partial charge >= 0.3 is 12.1 Å². The van der Waals surface area contributed by atoms with Crippen molar-refractivity contribution in [1.82, 2.24) is 10.2 Å². The van der Waals surface area contributed by atoms with E-state index in [-0.39, 0.29) is 18.5 Å². The lowest BCUT2D eigenvalue weighted by Crippen LogP contribution is -2.50. The van der Waals surface area contributed by atoms with Gasteiger partial charge in [-0.05, 0) is 43.2 Å². The minimum atomic E-state index is -0.582. The summed E-state index contributed by atoms with van der Waals surface area (Å²) in [5, 5.41) is 23.7. The predicted octanol–water partition coefficient (Wildman–Crippen LogP) is 4.40. The van der Waals surface area contributed by atoms with E-state index in [0.717, 1.165) is 11.3 Å². The van der Waals surface area contributed by atoms with E-state index < -0.39 is 12.2 Å². The first-order chi connectivity index (χ1) is 17.9. The molecule has 3 amide bonds. The monoisotopic (exact) mass is 504 g/mol. The summed E-state index contributed by atoms with van der Waals surface area (Å²) in [6, 6.07) is 16.3. The lowest BCUT2D eigenvalue weighted by Gasteiger charge is -2.36. The molecule has 1 aliphatic heterocycles. The summed E-state index contributed by atoms with van der Waals surface area (Å²) < 4.78 is 10.6. The summed E-state index contributed by atoms with van der Waals surface area (Å²) in [5.41, 5.74) is 2.86. The van der Waals surface area contributed by atoms with Crippen LogP contribution < -0.4 is 20.3 Å². The molecule has 2 aromatic carbocycles. The number of nitrogens with one attached hydrogen (secondary N) is 2. The van der Waals surface area contributed by atoms with Crippen molar-refractivity contribution in [2.75, 3.05) is 43.5 Å². The fraction of sp³-hybridized carbons (Fsp3) is 0.407. The Kier molecular flexibility index (Phi) is 9.56. The van der Waals surface area contributed by atoms with Crippen molar-refractivity contribution in [2.24, 2.45) is 0 Å². The number of hydrogen-bond donors (Lipinski definition) is 2. The second-order valence-corrected chi connectivity index (χ2v) is 8.69. The van der Waals surface area contributed by atoms with Crippen molar-refractivity contribution in [2.45, 2.75) is 38.8 Å². The molecule has 1 aliphatic rings. The molecule has 10 nitrogen and oxygen atoms in total. The number of carbonyl (C=O) groups excluding carboxylic acids is 2. The minimum absolute atomic E-state index is 0.149. The molecule has 2 aromatic rings. The van der Waals surface area contributed by atoms with E-state index in [1.807, 2.05) is 50.2 Å². The molecule has 1 fully saturated rings. The second-order valence-electron chi connectivity index (χ2n) is 8.69. The Morgan fingerprint density at radius 3 is 2.51 bits per heavy atom. The Morgan fingerprint density at radius 2 is 1.86 bits per heavy atom. The average molecular weight is 505 g/mol. The summed E-state index contributed by atoms with van der Waals surface area (Å²) in [7, 11) is 1.54. The third kappa shape index (κ3) is 7.28. The molecular formula is C27H32N6O4. The van der Waals surface area contributed by atoms with E-state index in [4.69, 9.17) is 14.7 Å². The molecule has 37 heavy (non-hydrogen) atoms. The van der Waals surface area contributed by atoms with Gasteiger partial charge in [-0.1, -0.05) is 19.1 Å². The van der Waals surface area contributed by atoms with Crippen LogP contribution >= 0.6 is 0 Å². The van der Waals surface area contributed by atoms with Crippen LogP contribution in [0.3, 0.4) is 0 Å². The van der Waals surface area contributed by atoms with Gasteiger partial charge in [0.05, 0.1) is 31.2 Å². The highest BCUT2D eigenvalue weighted by molar-refractivity contribution is 5.89. The molecule has 194 valence electrons. The van der Waals surface area contributed by atoms with Gasteiger partial charge in [-0.15, -0.1) is 0 Å². The fourth-order valence-electron chi connectivity index (χ4n) is 4.04. The number of methoxy groups -OCH3 is 1. The van der Waals surface area contributed by atoms with Crippen LogP contribution in [0.25, 0.3) is 0 Å². The Hall–Kier alpha value is -4.44. The first-order valence-electron chi connectivity index (χ1n) is 12.2. The van der Waals surface area contributed by atoms with Crippen molar-refractivity contribution < 1.29 is 19.1 Å². The number of ether oxygens (including phenoxy) is 2. The Balaban J connectivity index is 1.54. The summed E-state index contributed by atoms with van der Waals surface area (Å²) in [6.07, 6.45) is -0.313. The first-order valence-corrected chi connectivity index (χ1v) is 12.2. The molecule has 2 atom stereocenters. The molecule has 2 N–H and O–H groups in total. The Morgan fingerprint density at radius 1 is 1.11 bits per heavy atom. The van der Waals surface area contributed by atoms with Crippen molar-refractivity contribution in [1.29, 1.82) is 10.5 Å². The largest absolute Gasteiger partial charge is 0.495 e. The van der Waals surface area contributed by atoms with Gasteiger partial charge < -0.3 is 29.9 Å². The zero-order chi connectivity index (χ0) is 26.8. The number of piperazine rings is 1. The standard InChI is InChI=1S/C27H32N6O4/c1-4-24(10-11-28)37-27(35)30-19(2)20-6-5-7-22(16-20)31-26(34)33-14-12-32(13-15-33)23-9-8-21(18-29)25(17-23)36-3/h5-9,16-17,19,24H,4,10,12-15H2,1-3H3,(H,30,35)(H,31,34)/t19-,24?/m0/s1. The lowest BCUT2D eigenvalue weighted by molar-refractivity contribution is 0.0950. The van der Waals surface area contributed by atoms with E-state index in [1.165, 1.54) is 0 Å². The molecule has 0 radical (unpaired) electrons. The third-order valence-corrected chi connectivity index (χ3v) is 6.26. The number of hydrogen-bond acceptors (Lipinski definition) is 7. The molecule has 3 rings (SSSR count). The number of benzene rings is 2. The van der Waals surface area contributed by atoms with Crippen LogP contribution in [-0.4, -0.2) is 56.4 Å². The second kappa shape index (κ2) is 13.0. The molecule has 1 unspecified atom stereocenters. The van der Waals surface area contributed by atoms with E-state index in [9.17, 15) is 14.9 Å². The van der Waals surface area contributed by atoms with Crippen LogP contribution in [0.15, 0.2) is 42.5 Å². The van der Waals surface area contributed by atoms with Gasteiger partial charge in [-0.3, -0.25) is 0 Å². The van der Waals surface area contributed by atoms with Gasteiger partial charge in [-0.25, -0.2) is 9.59 Å². The third-order valence-electron chi connectivity index (χ3n) is 6.26. The van der Waals surface area contributed by atoms with E-state index in [1.54, 1.807) is 24.1 Å². The average Bonchev–Trinajstić information content (AvgIpc) is 2.92. The summed E-state index contributed by atoms with van der Waals surface area (Å²) in [6.45, 7) is 6.06. The van der Waals surface area contributed by atoms with Gasteiger partial charge in [0.25, 0.3) is 0 Å². The number of alkyl carbamates (subject to hydrolysis) is 1. The van der Waals surface area contributed by atoms with Gasteiger partial charge in [-0.2, -0.15) is 10.5 Å². The molecule has 0 aliphatic carbocycles. The maximum atomic E-state index is 12.9. The van der Waals surface area contributed by atoms with Crippen molar-refractivity contribution in [3.05, 3.63) is 53.6 Å². The molecule has 0 bridgehead atoms.